The second-order valence-corrected chi connectivity index (χ2v) is 7.50. The second-order valence-electron chi connectivity index (χ2n) is 7.50. The SMILES string of the molecule is Cc1ccc(C(C)C)c(O[C@H](C)C(=O)NCc2nc(-c3ccccc3C)no2)c1. The zero-order chi connectivity index (χ0) is 21.0. The molecule has 1 N–H and O–H groups in total. The minimum absolute atomic E-state index is 0.149. The zero-order valence-corrected chi connectivity index (χ0v) is 17.5. The molecule has 0 fully saturated rings. The highest BCUT2D eigenvalue weighted by atomic mass is 16.5. The van der Waals surface area contributed by atoms with Crippen molar-refractivity contribution in [3.63, 3.8) is 0 Å². The first-order chi connectivity index (χ1) is 13.8. The monoisotopic (exact) mass is 393 g/mol. The highest BCUT2D eigenvalue weighted by Gasteiger charge is 2.19. The molecular formula is C23H27N3O3. The molecule has 1 amide bonds. The topological polar surface area (TPSA) is 77.2 Å². The lowest BCUT2D eigenvalue weighted by atomic mass is 10.0. The Morgan fingerprint density at radius 3 is 2.62 bits per heavy atom. The minimum Gasteiger partial charge on any atom is -0.481 e. The summed E-state index contributed by atoms with van der Waals surface area (Å²) in [4.78, 5) is 16.9. The molecule has 1 atom stereocenters. The zero-order valence-electron chi connectivity index (χ0n) is 17.5. The third-order valence-corrected chi connectivity index (χ3v) is 4.73. The van der Waals surface area contributed by atoms with Crippen molar-refractivity contribution in [1.29, 1.82) is 0 Å². The number of aromatic nitrogens is 2. The molecule has 0 radical (unpaired) electrons. The molecule has 0 aliphatic carbocycles. The molecule has 1 aromatic heterocycles. The largest absolute Gasteiger partial charge is 0.481 e. The van der Waals surface area contributed by atoms with Crippen LogP contribution in [0.15, 0.2) is 47.0 Å². The van der Waals surface area contributed by atoms with Gasteiger partial charge in [-0.15, -0.1) is 0 Å². The van der Waals surface area contributed by atoms with E-state index < -0.39 is 6.10 Å². The van der Waals surface area contributed by atoms with Crippen LogP contribution in [-0.4, -0.2) is 22.2 Å². The minimum atomic E-state index is -0.645. The predicted octanol–water partition coefficient (Wildman–Crippen LogP) is 4.56. The molecule has 3 aromatic rings. The summed E-state index contributed by atoms with van der Waals surface area (Å²) in [7, 11) is 0. The van der Waals surface area contributed by atoms with Gasteiger partial charge in [-0.05, 0) is 49.4 Å². The Balaban J connectivity index is 1.62. The second kappa shape index (κ2) is 8.90. The summed E-state index contributed by atoms with van der Waals surface area (Å²) in [6, 6.07) is 13.9. The van der Waals surface area contributed by atoms with Gasteiger partial charge < -0.3 is 14.6 Å². The number of ether oxygens (including phenoxy) is 1. The van der Waals surface area contributed by atoms with Gasteiger partial charge in [-0.25, -0.2) is 0 Å². The number of benzene rings is 2. The highest BCUT2D eigenvalue weighted by Crippen LogP contribution is 2.28. The van der Waals surface area contributed by atoms with Gasteiger partial charge in [-0.1, -0.05) is 55.4 Å². The maximum atomic E-state index is 12.5. The lowest BCUT2D eigenvalue weighted by Gasteiger charge is -2.19. The first-order valence-corrected chi connectivity index (χ1v) is 9.78. The van der Waals surface area contributed by atoms with Gasteiger partial charge >= 0.3 is 0 Å². The number of amides is 1. The van der Waals surface area contributed by atoms with Crippen LogP contribution in [0.3, 0.4) is 0 Å². The van der Waals surface area contributed by atoms with Gasteiger partial charge in [-0.2, -0.15) is 4.98 Å². The Kier molecular flexibility index (Phi) is 6.32. The Morgan fingerprint density at radius 2 is 1.90 bits per heavy atom. The van der Waals surface area contributed by atoms with E-state index in [9.17, 15) is 4.79 Å². The molecule has 0 bridgehead atoms. The van der Waals surface area contributed by atoms with E-state index >= 15 is 0 Å². The first kappa shape index (κ1) is 20.6. The molecule has 0 saturated carbocycles. The molecule has 2 aromatic carbocycles. The molecule has 0 aliphatic rings. The van der Waals surface area contributed by atoms with E-state index in [0.29, 0.717) is 17.6 Å². The fourth-order valence-electron chi connectivity index (χ4n) is 3.03. The number of aryl methyl sites for hydroxylation is 2. The molecule has 1 heterocycles. The number of rotatable bonds is 7. The van der Waals surface area contributed by atoms with Gasteiger partial charge in [0.25, 0.3) is 5.91 Å². The van der Waals surface area contributed by atoms with Gasteiger partial charge in [0.2, 0.25) is 11.7 Å². The van der Waals surface area contributed by atoms with E-state index in [4.69, 9.17) is 9.26 Å². The predicted molar refractivity (Wildman–Crippen MR) is 112 cm³/mol. The molecule has 0 unspecified atom stereocenters. The summed E-state index contributed by atoms with van der Waals surface area (Å²) in [5.41, 5.74) is 4.14. The molecule has 0 aliphatic heterocycles. The number of hydrogen-bond donors (Lipinski definition) is 1. The van der Waals surface area contributed by atoms with Crippen molar-refractivity contribution in [3.05, 3.63) is 65.0 Å². The van der Waals surface area contributed by atoms with Crippen LogP contribution in [0.4, 0.5) is 0 Å². The van der Waals surface area contributed by atoms with E-state index in [0.717, 1.165) is 28.0 Å². The van der Waals surface area contributed by atoms with Crippen LogP contribution in [0.25, 0.3) is 11.4 Å². The van der Waals surface area contributed by atoms with Crippen molar-refractivity contribution in [2.45, 2.75) is 53.2 Å². The Morgan fingerprint density at radius 1 is 1.14 bits per heavy atom. The Labute approximate surface area is 171 Å². The van der Waals surface area contributed by atoms with E-state index in [1.807, 2.05) is 50.2 Å². The lowest BCUT2D eigenvalue weighted by molar-refractivity contribution is -0.127. The summed E-state index contributed by atoms with van der Waals surface area (Å²) in [6.45, 7) is 10.1. The number of nitrogens with zero attached hydrogens (tertiary/aromatic N) is 2. The molecule has 6 heteroatoms. The standard InChI is InChI=1S/C23H27N3O3/c1-14(2)18-11-10-15(3)12-20(18)28-17(5)23(27)24-13-21-25-22(26-29-21)19-9-7-6-8-16(19)4/h6-12,14,17H,13H2,1-5H3,(H,24,27)/t17-/m1/s1. The van der Waals surface area contributed by atoms with Crippen LogP contribution in [0, 0.1) is 13.8 Å². The molecular weight excluding hydrogens is 366 g/mol. The van der Waals surface area contributed by atoms with Crippen LogP contribution in [0.2, 0.25) is 0 Å². The molecule has 0 saturated heterocycles. The number of hydrogen-bond acceptors (Lipinski definition) is 5. The van der Waals surface area contributed by atoms with E-state index in [1.165, 1.54) is 0 Å². The maximum absolute atomic E-state index is 12.5. The molecule has 29 heavy (non-hydrogen) atoms. The summed E-state index contributed by atoms with van der Waals surface area (Å²) in [5.74, 6) is 1.67. The van der Waals surface area contributed by atoms with E-state index in [-0.39, 0.29) is 12.5 Å². The van der Waals surface area contributed by atoms with Crippen molar-refractivity contribution in [1.82, 2.24) is 15.5 Å². The van der Waals surface area contributed by atoms with Crippen molar-refractivity contribution < 1.29 is 14.1 Å². The smallest absolute Gasteiger partial charge is 0.261 e. The van der Waals surface area contributed by atoms with Gasteiger partial charge in [0.15, 0.2) is 6.10 Å². The Bertz CT molecular complexity index is 995. The number of nitrogens with one attached hydrogen (secondary N) is 1. The summed E-state index contributed by atoms with van der Waals surface area (Å²) < 4.78 is 11.2. The molecule has 152 valence electrons. The van der Waals surface area contributed by atoms with Gasteiger partial charge in [0, 0.05) is 5.56 Å². The van der Waals surface area contributed by atoms with Crippen molar-refractivity contribution in [2.24, 2.45) is 0 Å². The highest BCUT2D eigenvalue weighted by molar-refractivity contribution is 5.80. The Hall–Kier alpha value is -3.15. The van der Waals surface area contributed by atoms with Gasteiger partial charge in [0.1, 0.15) is 5.75 Å². The summed E-state index contributed by atoms with van der Waals surface area (Å²) in [5, 5.41) is 6.81. The quantitative estimate of drug-likeness (QED) is 0.637. The van der Waals surface area contributed by atoms with Crippen LogP contribution >= 0.6 is 0 Å². The summed E-state index contributed by atoms with van der Waals surface area (Å²) >= 11 is 0. The third kappa shape index (κ3) is 5.02. The third-order valence-electron chi connectivity index (χ3n) is 4.73. The van der Waals surface area contributed by atoms with Crippen LogP contribution in [0.5, 0.6) is 5.75 Å². The number of carbonyl (C=O) groups excluding carboxylic acids is 1. The van der Waals surface area contributed by atoms with Crippen molar-refractivity contribution >= 4 is 5.91 Å². The maximum Gasteiger partial charge on any atom is 0.261 e. The molecule has 0 spiro atoms. The van der Waals surface area contributed by atoms with Crippen LogP contribution in [-0.2, 0) is 11.3 Å². The fraction of sp³-hybridized carbons (Fsp3) is 0.348. The summed E-state index contributed by atoms with van der Waals surface area (Å²) in [6.07, 6.45) is -0.645. The molecule has 3 rings (SSSR count). The van der Waals surface area contributed by atoms with Crippen LogP contribution in [0.1, 0.15) is 49.3 Å². The van der Waals surface area contributed by atoms with E-state index in [1.54, 1.807) is 6.92 Å². The van der Waals surface area contributed by atoms with Gasteiger partial charge in [0.05, 0.1) is 6.54 Å². The van der Waals surface area contributed by atoms with E-state index in [2.05, 4.69) is 35.4 Å². The average molecular weight is 393 g/mol. The average Bonchev–Trinajstić information content (AvgIpc) is 3.15. The normalized spacial score (nSPS) is 12.1. The lowest BCUT2D eigenvalue weighted by Crippen LogP contribution is -2.36. The van der Waals surface area contributed by atoms with Crippen molar-refractivity contribution in [3.8, 4) is 17.1 Å². The van der Waals surface area contributed by atoms with Crippen LogP contribution < -0.4 is 10.1 Å². The number of carbonyl (C=O) groups is 1. The van der Waals surface area contributed by atoms with Crippen molar-refractivity contribution in [2.75, 3.05) is 0 Å². The van der Waals surface area contributed by atoms with Gasteiger partial charge in [-0.3, -0.25) is 4.79 Å². The molecule has 6 nitrogen and oxygen atoms in total. The fourth-order valence-corrected chi connectivity index (χ4v) is 3.03. The first-order valence-electron chi connectivity index (χ1n) is 9.78.